The predicted molar refractivity (Wildman–Crippen MR) is 67.0 cm³/mol. The molecule has 0 saturated carbocycles. The predicted octanol–water partition coefficient (Wildman–Crippen LogP) is 1.60. The summed E-state index contributed by atoms with van der Waals surface area (Å²) in [5, 5.41) is 0. The summed E-state index contributed by atoms with van der Waals surface area (Å²) in [6, 6.07) is 3.50. The van der Waals surface area contributed by atoms with E-state index < -0.39 is 0 Å². The third-order valence-electron chi connectivity index (χ3n) is 2.59. The van der Waals surface area contributed by atoms with Crippen LogP contribution in [0, 0.1) is 0 Å². The highest BCUT2D eigenvalue weighted by Crippen LogP contribution is 2.33. The molecule has 6 heteroatoms. The van der Waals surface area contributed by atoms with Gasteiger partial charge < -0.3 is 14.4 Å². The summed E-state index contributed by atoms with van der Waals surface area (Å²) in [4.78, 5) is 17.8. The molecule has 0 aliphatic carbocycles. The Bertz CT molecular complexity index is 439. The highest BCUT2D eigenvalue weighted by Gasteiger charge is 2.31. The van der Waals surface area contributed by atoms with Gasteiger partial charge in [0.05, 0.1) is 14.2 Å². The molecule has 92 valence electrons. The zero-order valence-electron chi connectivity index (χ0n) is 9.64. The van der Waals surface area contributed by atoms with Gasteiger partial charge in [-0.2, -0.15) is 4.98 Å². The minimum absolute atomic E-state index is 0.0668. The fraction of sp³-hybridized carbons (Fsp3) is 0.455. The molecule has 0 bridgehead atoms. The second-order valence-electron chi connectivity index (χ2n) is 3.69. The molecule has 0 spiro atoms. The van der Waals surface area contributed by atoms with Crippen molar-refractivity contribution in [2.45, 2.75) is 11.2 Å². The molecule has 1 saturated heterocycles. The number of methoxy groups -OCH3 is 2. The van der Waals surface area contributed by atoms with Crippen molar-refractivity contribution < 1.29 is 14.3 Å². The monoisotopic (exact) mass is 300 g/mol. The quantitative estimate of drug-likeness (QED) is 0.796. The highest BCUT2D eigenvalue weighted by atomic mass is 79.9. The molecular weight excluding hydrogens is 288 g/mol. The molecule has 1 unspecified atom stereocenters. The van der Waals surface area contributed by atoms with E-state index >= 15 is 0 Å². The summed E-state index contributed by atoms with van der Waals surface area (Å²) >= 11 is 3.44. The molecule has 2 heterocycles. The van der Waals surface area contributed by atoms with Crippen LogP contribution in [0.5, 0.6) is 11.8 Å². The number of hydrogen-bond donors (Lipinski definition) is 0. The number of hydrogen-bond acceptors (Lipinski definition) is 4. The molecule has 2 rings (SSSR count). The van der Waals surface area contributed by atoms with Crippen LogP contribution in [-0.4, -0.2) is 36.5 Å². The van der Waals surface area contributed by atoms with Crippen LogP contribution in [0.3, 0.4) is 0 Å². The Morgan fingerprint density at radius 3 is 2.71 bits per heavy atom. The molecule has 1 fully saturated rings. The smallest absolute Gasteiger partial charge is 0.241 e. The number of amides is 1. The molecule has 0 N–H and O–H groups in total. The lowest BCUT2D eigenvalue weighted by Gasteiger charge is -2.18. The molecule has 1 aromatic rings. The van der Waals surface area contributed by atoms with Crippen molar-refractivity contribution in [3.05, 3.63) is 12.1 Å². The zero-order chi connectivity index (χ0) is 12.4. The van der Waals surface area contributed by atoms with Gasteiger partial charge in [-0.15, -0.1) is 0 Å². The summed E-state index contributed by atoms with van der Waals surface area (Å²) in [5.41, 5.74) is 0.681. The van der Waals surface area contributed by atoms with Crippen molar-refractivity contribution in [1.82, 2.24) is 4.98 Å². The first-order valence-electron chi connectivity index (χ1n) is 5.19. The summed E-state index contributed by atoms with van der Waals surface area (Å²) in [6.07, 6.45) is 0.495. The van der Waals surface area contributed by atoms with Crippen LogP contribution in [0.4, 0.5) is 5.69 Å². The lowest BCUT2D eigenvalue weighted by Crippen LogP contribution is -2.25. The van der Waals surface area contributed by atoms with Gasteiger partial charge in [0, 0.05) is 23.9 Å². The zero-order valence-corrected chi connectivity index (χ0v) is 11.2. The van der Waals surface area contributed by atoms with Crippen LogP contribution >= 0.6 is 15.9 Å². The van der Waals surface area contributed by atoms with Crippen LogP contribution in [0.1, 0.15) is 6.42 Å². The standard InChI is InChI=1S/C11H13BrN2O3/c1-16-9-4-3-8(11(13-9)17-2)14-6-7(12)5-10(14)15/h3-4,7H,5-6H2,1-2H3. The average molecular weight is 301 g/mol. The van der Waals surface area contributed by atoms with Crippen LogP contribution < -0.4 is 14.4 Å². The maximum atomic E-state index is 11.8. The van der Waals surface area contributed by atoms with Crippen molar-refractivity contribution >= 4 is 27.5 Å². The molecule has 5 nitrogen and oxygen atoms in total. The van der Waals surface area contributed by atoms with Gasteiger partial charge >= 0.3 is 0 Å². The first-order chi connectivity index (χ1) is 8.15. The number of carbonyl (C=O) groups is 1. The molecule has 0 radical (unpaired) electrons. The van der Waals surface area contributed by atoms with Gasteiger partial charge in [-0.3, -0.25) is 4.79 Å². The van der Waals surface area contributed by atoms with Crippen molar-refractivity contribution in [2.24, 2.45) is 0 Å². The van der Waals surface area contributed by atoms with Crippen molar-refractivity contribution in [3.63, 3.8) is 0 Å². The maximum Gasteiger partial charge on any atom is 0.241 e. The minimum Gasteiger partial charge on any atom is -0.481 e. The molecule has 1 amide bonds. The normalized spacial score (nSPS) is 19.6. The number of aromatic nitrogens is 1. The van der Waals surface area contributed by atoms with Crippen LogP contribution in [-0.2, 0) is 4.79 Å². The first-order valence-corrected chi connectivity index (χ1v) is 6.10. The molecule has 0 aromatic carbocycles. The van der Waals surface area contributed by atoms with E-state index in [1.165, 1.54) is 14.2 Å². The number of anilines is 1. The number of carbonyl (C=O) groups excluding carboxylic acids is 1. The van der Waals surface area contributed by atoms with E-state index in [0.29, 0.717) is 30.4 Å². The van der Waals surface area contributed by atoms with Gasteiger partial charge in [0.2, 0.25) is 17.7 Å². The van der Waals surface area contributed by atoms with Crippen molar-refractivity contribution in [3.8, 4) is 11.8 Å². The number of alkyl halides is 1. The van der Waals surface area contributed by atoms with Crippen LogP contribution in [0.15, 0.2) is 12.1 Å². The van der Waals surface area contributed by atoms with Gasteiger partial charge in [-0.05, 0) is 6.07 Å². The van der Waals surface area contributed by atoms with Gasteiger partial charge in [0.1, 0.15) is 5.69 Å². The number of halogens is 1. The fourth-order valence-electron chi connectivity index (χ4n) is 1.78. The number of ether oxygens (including phenoxy) is 2. The maximum absolute atomic E-state index is 11.8. The highest BCUT2D eigenvalue weighted by molar-refractivity contribution is 9.09. The van der Waals surface area contributed by atoms with Gasteiger partial charge in [0.15, 0.2) is 0 Å². The fourth-order valence-corrected chi connectivity index (χ4v) is 2.35. The lowest BCUT2D eigenvalue weighted by atomic mass is 10.3. The van der Waals surface area contributed by atoms with Gasteiger partial charge in [0.25, 0.3) is 0 Å². The Kier molecular flexibility index (Phi) is 3.51. The number of rotatable bonds is 3. The van der Waals surface area contributed by atoms with Crippen LogP contribution in [0.2, 0.25) is 0 Å². The number of nitrogens with zero attached hydrogens (tertiary/aromatic N) is 2. The largest absolute Gasteiger partial charge is 0.481 e. The molecule has 1 aromatic heterocycles. The van der Waals surface area contributed by atoms with E-state index in [2.05, 4.69) is 20.9 Å². The Hall–Kier alpha value is -1.30. The van der Waals surface area contributed by atoms with E-state index in [1.54, 1.807) is 17.0 Å². The Balaban J connectivity index is 2.35. The summed E-state index contributed by atoms with van der Waals surface area (Å²) < 4.78 is 10.2. The summed E-state index contributed by atoms with van der Waals surface area (Å²) in [7, 11) is 3.06. The van der Waals surface area contributed by atoms with Crippen LogP contribution in [0.25, 0.3) is 0 Å². The lowest BCUT2D eigenvalue weighted by molar-refractivity contribution is -0.117. The molecule has 1 aliphatic rings. The first kappa shape index (κ1) is 12.2. The Labute approximate surface area is 108 Å². The summed E-state index contributed by atoms with van der Waals surface area (Å²) in [5.74, 6) is 0.934. The summed E-state index contributed by atoms with van der Waals surface area (Å²) in [6.45, 7) is 0.628. The third kappa shape index (κ3) is 2.36. The molecular formula is C11H13BrN2O3. The molecule has 1 atom stereocenters. The van der Waals surface area contributed by atoms with E-state index in [0.717, 1.165) is 0 Å². The van der Waals surface area contributed by atoms with Gasteiger partial charge in [-0.1, -0.05) is 15.9 Å². The van der Waals surface area contributed by atoms with E-state index in [9.17, 15) is 4.79 Å². The Morgan fingerprint density at radius 2 is 2.18 bits per heavy atom. The van der Waals surface area contributed by atoms with E-state index in [-0.39, 0.29) is 10.7 Å². The SMILES string of the molecule is COc1ccc(N2CC(Br)CC2=O)c(OC)n1. The second-order valence-corrected chi connectivity index (χ2v) is 4.98. The van der Waals surface area contributed by atoms with Crippen molar-refractivity contribution in [1.29, 1.82) is 0 Å². The minimum atomic E-state index is 0.0668. The molecule has 1 aliphatic heterocycles. The van der Waals surface area contributed by atoms with E-state index in [4.69, 9.17) is 9.47 Å². The third-order valence-corrected chi connectivity index (χ3v) is 3.20. The second kappa shape index (κ2) is 4.91. The average Bonchev–Trinajstić information content (AvgIpc) is 2.67. The Morgan fingerprint density at radius 1 is 1.41 bits per heavy atom. The van der Waals surface area contributed by atoms with Crippen molar-refractivity contribution in [2.75, 3.05) is 25.7 Å². The molecule has 17 heavy (non-hydrogen) atoms. The number of pyridine rings is 1. The van der Waals surface area contributed by atoms with Gasteiger partial charge in [-0.25, -0.2) is 0 Å². The topological polar surface area (TPSA) is 51.7 Å². The van der Waals surface area contributed by atoms with E-state index in [1.807, 2.05) is 0 Å².